The topological polar surface area (TPSA) is 28.7 Å². The molecule has 0 saturated carbocycles. The summed E-state index contributed by atoms with van der Waals surface area (Å²) >= 11 is 5.19. The molecule has 3 heteroatoms. The quantitative estimate of drug-likeness (QED) is 0.767. The van der Waals surface area contributed by atoms with Crippen molar-refractivity contribution in [3.8, 4) is 11.3 Å². The lowest BCUT2D eigenvalue weighted by atomic mass is 9.99. The van der Waals surface area contributed by atoms with Crippen LogP contribution in [0.2, 0.25) is 0 Å². The Balaban J connectivity index is 2.69. The van der Waals surface area contributed by atoms with Gasteiger partial charge in [0.15, 0.2) is 0 Å². The highest BCUT2D eigenvalue weighted by atomic mass is 32.1. The molecule has 1 heterocycles. The van der Waals surface area contributed by atoms with E-state index in [1.807, 2.05) is 6.92 Å². The Morgan fingerprint density at radius 1 is 1.06 bits per heavy atom. The third kappa shape index (κ3) is 2.15. The van der Waals surface area contributed by atoms with Gasteiger partial charge in [-0.05, 0) is 44.4 Å². The highest BCUT2D eigenvalue weighted by Gasteiger charge is 2.09. The number of hydrogen-bond acceptors (Lipinski definition) is 2. The van der Waals surface area contributed by atoms with Crippen molar-refractivity contribution >= 4 is 12.2 Å². The fourth-order valence-electron chi connectivity index (χ4n) is 1.96. The highest BCUT2D eigenvalue weighted by molar-refractivity contribution is 7.71. The molecule has 0 radical (unpaired) electrons. The summed E-state index contributed by atoms with van der Waals surface area (Å²) in [5, 5.41) is 7.28. The number of aryl methyl sites for hydroxylation is 2. The molecule has 88 valence electrons. The van der Waals surface area contributed by atoms with Crippen molar-refractivity contribution < 1.29 is 0 Å². The van der Waals surface area contributed by atoms with Gasteiger partial charge in [-0.15, -0.1) is 0 Å². The standard InChI is InChI=1S/C14H16N2S/c1-8-5-6-12(9(2)7-8)13-10(3)11(4)14(17)16-15-13/h5-7H,1-4H3,(H,16,17). The Hall–Kier alpha value is -1.48. The van der Waals surface area contributed by atoms with Gasteiger partial charge < -0.3 is 0 Å². The molecule has 1 aromatic carbocycles. The van der Waals surface area contributed by atoms with E-state index in [1.54, 1.807) is 0 Å². The first-order valence-corrected chi connectivity index (χ1v) is 6.05. The molecule has 0 atom stereocenters. The minimum absolute atomic E-state index is 0.719. The molecule has 0 aliphatic carbocycles. The van der Waals surface area contributed by atoms with Gasteiger partial charge in [0.05, 0.1) is 5.69 Å². The SMILES string of the molecule is Cc1ccc(-c2n[nH]c(=S)c(C)c2C)c(C)c1. The van der Waals surface area contributed by atoms with Crippen molar-refractivity contribution in [2.24, 2.45) is 0 Å². The maximum Gasteiger partial charge on any atom is 0.122 e. The number of benzene rings is 1. The largest absolute Gasteiger partial charge is 0.267 e. The molecule has 1 N–H and O–H groups in total. The maximum atomic E-state index is 5.19. The van der Waals surface area contributed by atoms with Crippen LogP contribution >= 0.6 is 12.2 Å². The van der Waals surface area contributed by atoms with E-state index in [0.29, 0.717) is 0 Å². The van der Waals surface area contributed by atoms with Gasteiger partial charge in [0.2, 0.25) is 0 Å². The summed E-state index contributed by atoms with van der Waals surface area (Å²) in [5.41, 5.74) is 6.93. The van der Waals surface area contributed by atoms with E-state index in [1.165, 1.54) is 16.7 Å². The first-order valence-electron chi connectivity index (χ1n) is 5.64. The minimum atomic E-state index is 0.719. The maximum absolute atomic E-state index is 5.19. The average Bonchev–Trinajstić information content (AvgIpc) is 2.28. The zero-order valence-corrected chi connectivity index (χ0v) is 11.4. The van der Waals surface area contributed by atoms with Gasteiger partial charge in [0, 0.05) is 5.56 Å². The van der Waals surface area contributed by atoms with E-state index in [4.69, 9.17) is 12.2 Å². The van der Waals surface area contributed by atoms with Gasteiger partial charge in [0.25, 0.3) is 0 Å². The van der Waals surface area contributed by atoms with Crippen LogP contribution in [0.25, 0.3) is 11.3 Å². The van der Waals surface area contributed by atoms with Gasteiger partial charge in [0.1, 0.15) is 4.64 Å². The van der Waals surface area contributed by atoms with E-state index in [2.05, 4.69) is 49.2 Å². The lowest BCUT2D eigenvalue weighted by molar-refractivity contribution is 0.985. The van der Waals surface area contributed by atoms with E-state index in [9.17, 15) is 0 Å². The van der Waals surface area contributed by atoms with Crippen LogP contribution in [0.5, 0.6) is 0 Å². The van der Waals surface area contributed by atoms with Crippen LogP contribution in [-0.4, -0.2) is 10.2 Å². The van der Waals surface area contributed by atoms with Crippen molar-refractivity contribution in [2.75, 3.05) is 0 Å². The van der Waals surface area contributed by atoms with Crippen molar-refractivity contribution in [1.29, 1.82) is 0 Å². The summed E-state index contributed by atoms with van der Waals surface area (Å²) < 4.78 is 0.719. The number of aromatic nitrogens is 2. The predicted octanol–water partition coefficient (Wildman–Crippen LogP) is 4.04. The molecule has 0 spiro atoms. The van der Waals surface area contributed by atoms with Crippen molar-refractivity contribution in [1.82, 2.24) is 10.2 Å². The molecule has 0 aliphatic heterocycles. The molecule has 0 saturated heterocycles. The Morgan fingerprint density at radius 3 is 2.41 bits per heavy atom. The molecule has 2 aromatic rings. The number of rotatable bonds is 1. The smallest absolute Gasteiger partial charge is 0.122 e. The summed E-state index contributed by atoms with van der Waals surface area (Å²) in [4.78, 5) is 0. The zero-order valence-electron chi connectivity index (χ0n) is 10.6. The van der Waals surface area contributed by atoms with Crippen LogP contribution in [-0.2, 0) is 0 Å². The summed E-state index contributed by atoms with van der Waals surface area (Å²) in [6.45, 7) is 8.31. The molecule has 0 amide bonds. The second-order valence-corrected chi connectivity index (χ2v) is 4.88. The van der Waals surface area contributed by atoms with Crippen molar-refractivity contribution in [2.45, 2.75) is 27.7 Å². The predicted molar refractivity (Wildman–Crippen MR) is 73.8 cm³/mol. The summed E-state index contributed by atoms with van der Waals surface area (Å²) in [5.74, 6) is 0. The minimum Gasteiger partial charge on any atom is -0.267 e. The molecule has 1 aromatic heterocycles. The monoisotopic (exact) mass is 244 g/mol. The third-order valence-corrected chi connectivity index (χ3v) is 3.56. The normalized spacial score (nSPS) is 10.6. The Labute approximate surface area is 107 Å². The fourth-order valence-corrected chi connectivity index (χ4v) is 2.16. The highest BCUT2D eigenvalue weighted by Crippen LogP contribution is 2.26. The lowest BCUT2D eigenvalue weighted by Crippen LogP contribution is -1.98. The number of nitrogens with one attached hydrogen (secondary N) is 1. The summed E-state index contributed by atoms with van der Waals surface area (Å²) in [6.07, 6.45) is 0. The van der Waals surface area contributed by atoms with Gasteiger partial charge in [-0.1, -0.05) is 36.0 Å². The Bertz CT molecular complexity index is 627. The number of hydrogen-bond donors (Lipinski definition) is 1. The second-order valence-electron chi connectivity index (χ2n) is 4.47. The van der Waals surface area contributed by atoms with Crippen molar-refractivity contribution in [3.63, 3.8) is 0 Å². The van der Waals surface area contributed by atoms with Gasteiger partial charge in [-0.3, -0.25) is 5.10 Å². The summed E-state index contributed by atoms with van der Waals surface area (Å²) in [7, 11) is 0. The van der Waals surface area contributed by atoms with E-state index in [-0.39, 0.29) is 0 Å². The second kappa shape index (κ2) is 4.41. The van der Waals surface area contributed by atoms with Gasteiger partial charge in [-0.25, -0.2) is 0 Å². The molecule has 2 rings (SSSR count). The number of aromatic amines is 1. The molecule has 17 heavy (non-hydrogen) atoms. The molecular weight excluding hydrogens is 228 g/mol. The molecule has 0 unspecified atom stereocenters. The molecule has 0 aliphatic rings. The van der Waals surface area contributed by atoms with Gasteiger partial charge >= 0.3 is 0 Å². The Kier molecular flexibility index (Phi) is 3.11. The van der Waals surface area contributed by atoms with Crippen LogP contribution in [0.4, 0.5) is 0 Å². The van der Waals surface area contributed by atoms with E-state index in [0.717, 1.165) is 21.5 Å². The average molecular weight is 244 g/mol. The van der Waals surface area contributed by atoms with Crippen LogP contribution in [0.3, 0.4) is 0 Å². The third-order valence-electron chi connectivity index (χ3n) is 3.16. The first-order chi connectivity index (χ1) is 8.00. The summed E-state index contributed by atoms with van der Waals surface area (Å²) in [6, 6.07) is 6.41. The zero-order chi connectivity index (χ0) is 12.6. The van der Waals surface area contributed by atoms with Crippen LogP contribution in [0.1, 0.15) is 22.3 Å². The van der Waals surface area contributed by atoms with E-state index >= 15 is 0 Å². The lowest BCUT2D eigenvalue weighted by Gasteiger charge is -2.10. The van der Waals surface area contributed by atoms with Crippen LogP contribution < -0.4 is 0 Å². The fraction of sp³-hybridized carbons (Fsp3) is 0.286. The molecular formula is C14H16N2S. The van der Waals surface area contributed by atoms with Crippen LogP contribution in [0, 0.1) is 32.3 Å². The molecule has 2 nitrogen and oxygen atoms in total. The van der Waals surface area contributed by atoms with E-state index < -0.39 is 0 Å². The Morgan fingerprint density at radius 2 is 1.76 bits per heavy atom. The van der Waals surface area contributed by atoms with Crippen LogP contribution in [0.15, 0.2) is 18.2 Å². The number of H-pyrrole nitrogens is 1. The molecule has 0 bridgehead atoms. The van der Waals surface area contributed by atoms with Gasteiger partial charge in [-0.2, -0.15) is 5.10 Å². The number of nitrogens with zero attached hydrogens (tertiary/aromatic N) is 1. The first kappa shape index (κ1) is 12.0. The van der Waals surface area contributed by atoms with Crippen molar-refractivity contribution in [3.05, 3.63) is 45.1 Å². The molecule has 0 fully saturated rings.